The van der Waals surface area contributed by atoms with Crippen molar-refractivity contribution in [3.63, 3.8) is 0 Å². The van der Waals surface area contributed by atoms with Gasteiger partial charge < -0.3 is 4.52 Å². The summed E-state index contributed by atoms with van der Waals surface area (Å²) in [6, 6.07) is 21.9. The molecule has 272 valence electrons. The van der Waals surface area contributed by atoms with Gasteiger partial charge in [0.1, 0.15) is 5.75 Å². The van der Waals surface area contributed by atoms with Crippen molar-refractivity contribution in [2.75, 3.05) is 13.2 Å². The van der Waals surface area contributed by atoms with E-state index in [0.717, 1.165) is 24.0 Å². The second kappa shape index (κ2) is 23.1. The predicted molar refractivity (Wildman–Crippen MR) is 200 cm³/mol. The van der Waals surface area contributed by atoms with Crippen LogP contribution in [0.15, 0.2) is 77.7 Å². The van der Waals surface area contributed by atoms with Crippen molar-refractivity contribution < 1.29 is 31.1 Å². The fourth-order valence-corrected chi connectivity index (χ4v) is 7.43. The highest BCUT2D eigenvalue weighted by Crippen LogP contribution is 2.49. The van der Waals surface area contributed by atoms with Crippen LogP contribution in [0, 0.1) is 0 Å². The van der Waals surface area contributed by atoms with Crippen LogP contribution in [0.4, 0.5) is 0 Å². The van der Waals surface area contributed by atoms with E-state index in [4.69, 9.17) is 13.6 Å². The molecule has 7 nitrogen and oxygen atoms in total. The standard InChI is InChI=1S/C40H59O7PS/c1-3-5-7-9-11-13-15-17-35-19-23-37(24-20-35)31-33-45-48(41,47-39-27-29-40(30-28-39)49(42,43)44)46-34-32-38-25-21-36(22-26-38)18-16-14-12-10-8-6-4-2/h19-30H,3-18,31-34H2,1-2H3,(H,42,43,44). The summed E-state index contributed by atoms with van der Waals surface area (Å²) in [4.78, 5) is -0.289. The number of aryl methyl sites for hydroxylation is 2. The van der Waals surface area contributed by atoms with Gasteiger partial charge in [0.2, 0.25) is 0 Å². The van der Waals surface area contributed by atoms with E-state index < -0.39 is 17.9 Å². The summed E-state index contributed by atoms with van der Waals surface area (Å²) >= 11 is 0. The first-order valence-corrected chi connectivity index (χ1v) is 21.4. The summed E-state index contributed by atoms with van der Waals surface area (Å²) in [7, 11) is -8.43. The first kappa shape index (κ1) is 40.9. The summed E-state index contributed by atoms with van der Waals surface area (Å²) < 4.78 is 63.2. The van der Waals surface area contributed by atoms with Crippen LogP contribution in [0.2, 0.25) is 0 Å². The molecule has 1 N–H and O–H groups in total. The van der Waals surface area contributed by atoms with Crippen LogP contribution in [0.5, 0.6) is 5.75 Å². The normalized spacial score (nSPS) is 12.0. The number of hydrogen-bond acceptors (Lipinski definition) is 6. The van der Waals surface area contributed by atoms with E-state index in [-0.39, 0.29) is 23.9 Å². The van der Waals surface area contributed by atoms with Crippen LogP contribution in [0.3, 0.4) is 0 Å². The number of rotatable bonds is 27. The third-order valence-electron chi connectivity index (χ3n) is 8.80. The fourth-order valence-electron chi connectivity index (χ4n) is 5.76. The van der Waals surface area contributed by atoms with Crippen molar-refractivity contribution in [2.45, 2.75) is 134 Å². The average molecular weight is 715 g/mol. The lowest BCUT2D eigenvalue weighted by atomic mass is 10.0. The van der Waals surface area contributed by atoms with Crippen LogP contribution < -0.4 is 4.52 Å². The van der Waals surface area contributed by atoms with Crippen molar-refractivity contribution in [2.24, 2.45) is 0 Å². The summed E-state index contributed by atoms with van der Waals surface area (Å²) in [6.45, 7) is 4.72. The molecule has 0 aliphatic rings. The summed E-state index contributed by atoms with van der Waals surface area (Å²) in [5.74, 6) is 0.111. The highest BCUT2D eigenvalue weighted by atomic mass is 32.2. The van der Waals surface area contributed by atoms with Crippen molar-refractivity contribution in [3.8, 4) is 5.75 Å². The van der Waals surface area contributed by atoms with Gasteiger partial charge in [-0.2, -0.15) is 8.42 Å². The lowest BCUT2D eigenvalue weighted by Gasteiger charge is -2.19. The third kappa shape index (κ3) is 17.3. The zero-order chi connectivity index (χ0) is 35.2. The molecule has 49 heavy (non-hydrogen) atoms. The molecule has 0 amide bonds. The second-order valence-electron chi connectivity index (χ2n) is 13.0. The van der Waals surface area contributed by atoms with Gasteiger partial charge in [0.05, 0.1) is 18.1 Å². The molecule has 0 aliphatic carbocycles. The van der Waals surface area contributed by atoms with Gasteiger partial charge in [-0.05, 0) is 85.0 Å². The van der Waals surface area contributed by atoms with Crippen LogP contribution >= 0.6 is 7.82 Å². The Hall–Kier alpha value is -2.48. The van der Waals surface area contributed by atoms with Crippen LogP contribution in [0.1, 0.15) is 126 Å². The molecule has 0 fully saturated rings. The van der Waals surface area contributed by atoms with Gasteiger partial charge in [-0.1, -0.05) is 139 Å². The summed E-state index contributed by atoms with van der Waals surface area (Å²) in [6.07, 6.45) is 21.2. The van der Waals surface area contributed by atoms with E-state index in [2.05, 4.69) is 62.4 Å². The third-order valence-corrected chi connectivity index (χ3v) is 11.1. The molecule has 0 radical (unpaired) electrons. The maximum absolute atomic E-state index is 13.8. The van der Waals surface area contributed by atoms with Crippen LogP contribution in [-0.4, -0.2) is 26.2 Å². The largest absolute Gasteiger partial charge is 0.530 e. The second-order valence-corrected chi connectivity index (χ2v) is 16.0. The Morgan fingerprint density at radius 2 is 0.857 bits per heavy atom. The monoisotopic (exact) mass is 714 g/mol. The Morgan fingerprint density at radius 1 is 0.510 bits per heavy atom. The first-order valence-electron chi connectivity index (χ1n) is 18.5. The lowest BCUT2D eigenvalue weighted by molar-refractivity contribution is 0.158. The lowest BCUT2D eigenvalue weighted by Crippen LogP contribution is -2.08. The maximum atomic E-state index is 13.8. The topological polar surface area (TPSA) is 99.1 Å². The summed E-state index contributed by atoms with van der Waals surface area (Å²) in [5, 5.41) is 0. The molecule has 0 bridgehead atoms. The first-order chi connectivity index (χ1) is 23.7. The smallest absolute Gasteiger partial charge is 0.404 e. The molecular formula is C40H59O7PS. The molecule has 3 rings (SSSR count). The number of unbranched alkanes of at least 4 members (excludes halogenated alkanes) is 12. The van der Waals surface area contributed by atoms with E-state index in [1.54, 1.807) is 0 Å². The van der Waals surface area contributed by atoms with E-state index in [1.165, 1.54) is 125 Å². The zero-order valence-corrected chi connectivity index (χ0v) is 31.5. The summed E-state index contributed by atoms with van der Waals surface area (Å²) in [5.41, 5.74) is 4.75. The average Bonchev–Trinajstić information content (AvgIpc) is 3.08. The Kier molecular flexibility index (Phi) is 19.3. The minimum absolute atomic E-state index is 0.111. The van der Waals surface area contributed by atoms with E-state index in [9.17, 15) is 17.5 Å². The van der Waals surface area contributed by atoms with Gasteiger partial charge in [0.15, 0.2) is 0 Å². The minimum Gasteiger partial charge on any atom is -0.404 e. The van der Waals surface area contributed by atoms with E-state index >= 15 is 0 Å². The Morgan fingerprint density at radius 3 is 1.22 bits per heavy atom. The van der Waals surface area contributed by atoms with Gasteiger partial charge in [-0.3, -0.25) is 13.6 Å². The predicted octanol–water partition coefficient (Wildman–Crippen LogP) is 11.5. The quantitative estimate of drug-likeness (QED) is 0.0477. The molecule has 0 saturated carbocycles. The minimum atomic E-state index is -4.37. The molecule has 3 aromatic carbocycles. The molecule has 0 atom stereocenters. The molecule has 9 heteroatoms. The number of benzene rings is 3. The van der Waals surface area contributed by atoms with Gasteiger partial charge in [0.25, 0.3) is 10.1 Å². The molecule has 0 saturated heterocycles. The Balaban J connectivity index is 1.50. The molecule has 0 spiro atoms. The van der Waals surface area contributed by atoms with Crippen molar-refractivity contribution in [3.05, 3.63) is 95.1 Å². The molecule has 0 unspecified atom stereocenters. The number of phosphoric acid groups is 1. The van der Waals surface area contributed by atoms with Crippen LogP contribution in [-0.2, 0) is 49.4 Å². The Labute approximate surface area is 296 Å². The molecular weight excluding hydrogens is 655 g/mol. The molecule has 0 aromatic heterocycles. The molecule has 0 aliphatic heterocycles. The van der Waals surface area contributed by atoms with Crippen molar-refractivity contribution in [1.82, 2.24) is 0 Å². The highest BCUT2D eigenvalue weighted by molar-refractivity contribution is 7.85. The highest BCUT2D eigenvalue weighted by Gasteiger charge is 2.29. The Bertz CT molecular complexity index is 1380. The molecule has 3 aromatic rings. The van der Waals surface area contributed by atoms with Crippen molar-refractivity contribution >= 4 is 17.9 Å². The number of hydrogen-bond donors (Lipinski definition) is 1. The fraction of sp³-hybridized carbons (Fsp3) is 0.550. The van der Waals surface area contributed by atoms with Crippen molar-refractivity contribution in [1.29, 1.82) is 0 Å². The number of phosphoric ester groups is 1. The van der Waals surface area contributed by atoms with Gasteiger partial charge in [-0.15, -0.1) is 0 Å². The van der Waals surface area contributed by atoms with Gasteiger partial charge >= 0.3 is 7.82 Å². The zero-order valence-electron chi connectivity index (χ0n) is 29.8. The van der Waals surface area contributed by atoms with Gasteiger partial charge in [0, 0.05) is 0 Å². The van der Waals surface area contributed by atoms with Crippen LogP contribution in [0.25, 0.3) is 0 Å². The van der Waals surface area contributed by atoms with Gasteiger partial charge in [-0.25, -0.2) is 4.57 Å². The van der Waals surface area contributed by atoms with E-state index in [1.807, 2.05) is 0 Å². The molecule has 0 heterocycles. The van der Waals surface area contributed by atoms with E-state index in [0.29, 0.717) is 12.8 Å². The SMILES string of the molecule is CCCCCCCCCc1ccc(CCOP(=O)(OCCc2ccc(CCCCCCCCC)cc2)Oc2ccc(S(=O)(=O)O)cc2)cc1. The maximum Gasteiger partial charge on any atom is 0.530 e.